The van der Waals surface area contributed by atoms with Gasteiger partial charge in [-0.3, -0.25) is 0 Å². The van der Waals surface area contributed by atoms with Crippen LogP contribution in [0.15, 0.2) is 12.2 Å². The molecular weight excluding hydrogens is 150 g/mol. The Morgan fingerprint density at radius 1 is 1.33 bits per heavy atom. The molecule has 0 saturated heterocycles. The van der Waals surface area contributed by atoms with Crippen LogP contribution in [-0.4, -0.2) is 19.8 Å². The van der Waals surface area contributed by atoms with E-state index in [4.69, 9.17) is 10.5 Å². The average Bonchev–Trinajstić information content (AvgIpc) is 2.02. The van der Waals surface area contributed by atoms with Gasteiger partial charge in [-0.2, -0.15) is 0 Å². The Morgan fingerprint density at radius 3 is 2.67 bits per heavy atom. The Morgan fingerprint density at radius 2 is 2.08 bits per heavy atom. The van der Waals surface area contributed by atoms with Gasteiger partial charge in [-0.25, -0.2) is 0 Å². The maximum absolute atomic E-state index is 5.34. The van der Waals surface area contributed by atoms with Crippen LogP contribution in [0.5, 0.6) is 0 Å². The summed E-state index contributed by atoms with van der Waals surface area (Å²) in [6.07, 6.45) is 6.30. The van der Waals surface area contributed by atoms with Gasteiger partial charge in [-0.1, -0.05) is 26.0 Å². The topological polar surface area (TPSA) is 35.2 Å². The van der Waals surface area contributed by atoms with E-state index >= 15 is 0 Å². The van der Waals surface area contributed by atoms with Crippen molar-refractivity contribution in [2.45, 2.75) is 26.7 Å². The Balaban J connectivity index is 2.96. The minimum atomic E-state index is 0.607. The third kappa shape index (κ3) is 9.66. The Bertz CT molecular complexity index is 110. The molecule has 0 fully saturated rings. The van der Waals surface area contributed by atoms with Crippen LogP contribution < -0.4 is 5.73 Å². The zero-order valence-corrected chi connectivity index (χ0v) is 8.25. The van der Waals surface area contributed by atoms with Gasteiger partial charge in [0.1, 0.15) is 0 Å². The standard InChI is InChI=1S/C10H21NO/c1-10(2)6-5-9-12-8-4-3-7-11/h3-4,10H,5-9,11H2,1-2H3. The number of nitrogens with two attached hydrogens (primary N) is 1. The maximum Gasteiger partial charge on any atom is 0.0647 e. The van der Waals surface area contributed by atoms with Crippen LogP contribution >= 0.6 is 0 Å². The first-order valence-corrected chi connectivity index (χ1v) is 4.70. The molecule has 0 aromatic carbocycles. The molecule has 0 radical (unpaired) electrons. The molecule has 12 heavy (non-hydrogen) atoms. The third-order valence-electron chi connectivity index (χ3n) is 1.59. The van der Waals surface area contributed by atoms with Crippen LogP contribution in [0.3, 0.4) is 0 Å². The molecular formula is C10H21NO. The van der Waals surface area contributed by atoms with Crippen LogP contribution in [0.2, 0.25) is 0 Å². The van der Waals surface area contributed by atoms with Crippen molar-refractivity contribution in [2.24, 2.45) is 11.7 Å². The highest BCUT2D eigenvalue weighted by molar-refractivity contribution is 4.81. The number of hydrogen-bond donors (Lipinski definition) is 1. The molecule has 0 aromatic rings. The number of rotatable bonds is 7. The van der Waals surface area contributed by atoms with Crippen LogP contribution in [0, 0.1) is 5.92 Å². The van der Waals surface area contributed by atoms with Gasteiger partial charge in [0.2, 0.25) is 0 Å². The third-order valence-corrected chi connectivity index (χ3v) is 1.59. The van der Waals surface area contributed by atoms with Gasteiger partial charge >= 0.3 is 0 Å². The van der Waals surface area contributed by atoms with E-state index in [0.29, 0.717) is 13.2 Å². The summed E-state index contributed by atoms with van der Waals surface area (Å²) in [7, 11) is 0. The zero-order valence-electron chi connectivity index (χ0n) is 8.25. The molecule has 0 rings (SSSR count). The Hall–Kier alpha value is -0.340. The molecule has 0 spiro atoms. The lowest BCUT2D eigenvalue weighted by atomic mass is 10.1. The summed E-state index contributed by atoms with van der Waals surface area (Å²) in [6, 6.07) is 0. The highest BCUT2D eigenvalue weighted by Gasteiger charge is 1.92. The van der Waals surface area contributed by atoms with E-state index in [1.165, 1.54) is 6.42 Å². The molecule has 0 aliphatic heterocycles. The maximum atomic E-state index is 5.34. The van der Waals surface area contributed by atoms with E-state index in [-0.39, 0.29) is 0 Å². The predicted octanol–water partition coefficient (Wildman–Crippen LogP) is 1.95. The average molecular weight is 171 g/mol. The second kappa shape index (κ2) is 8.75. The lowest BCUT2D eigenvalue weighted by Crippen LogP contribution is -1.98. The SMILES string of the molecule is CC(C)CCCOCC=CCN. The predicted molar refractivity (Wildman–Crippen MR) is 53.1 cm³/mol. The van der Waals surface area contributed by atoms with Crippen LogP contribution in [-0.2, 0) is 4.74 Å². The van der Waals surface area contributed by atoms with Crippen molar-refractivity contribution in [2.75, 3.05) is 19.8 Å². The van der Waals surface area contributed by atoms with E-state index in [1.807, 2.05) is 12.2 Å². The molecule has 0 atom stereocenters. The molecule has 0 unspecified atom stereocenters. The lowest BCUT2D eigenvalue weighted by Gasteiger charge is -2.03. The summed E-state index contributed by atoms with van der Waals surface area (Å²) < 4.78 is 5.34. The zero-order chi connectivity index (χ0) is 9.23. The molecule has 2 heteroatoms. The highest BCUT2D eigenvalue weighted by atomic mass is 16.5. The Kier molecular flexibility index (Phi) is 8.51. The first-order valence-electron chi connectivity index (χ1n) is 4.70. The highest BCUT2D eigenvalue weighted by Crippen LogP contribution is 2.02. The van der Waals surface area contributed by atoms with Crippen molar-refractivity contribution in [3.63, 3.8) is 0 Å². The monoisotopic (exact) mass is 171 g/mol. The van der Waals surface area contributed by atoms with Gasteiger partial charge in [-0.15, -0.1) is 0 Å². The Labute approximate surface area is 75.8 Å². The second-order valence-corrected chi connectivity index (χ2v) is 3.32. The molecule has 0 aliphatic rings. The lowest BCUT2D eigenvalue weighted by molar-refractivity contribution is 0.154. The quantitative estimate of drug-likeness (QED) is 0.469. The van der Waals surface area contributed by atoms with Gasteiger partial charge in [0, 0.05) is 13.2 Å². The summed E-state index contributed by atoms with van der Waals surface area (Å²) in [6.45, 7) is 6.64. The summed E-state index contributed by atoms with van der Waals surface area (Å²) in [5.74, 6) is 0.785. The fourth-order valence-electron chi connectivity index (χ4n) is 0.909. The van der Waals surface area contributed by atoms with Crippen molar-refractivity contribution in [1.29, 1.82) is 0 Å². The smallest absolute Gasteiger partial charge is 0.0647 e. The van der Waals surface area contributed by atoms with Crippen LogP contribution in [0.4, 0.5) is 0 Å². The van der Waals surface area contributed by atoms with E-state index in [9.17, 15) is 0 Å². The van der Waals surface area contributed by atoms with E-state index in [1.54, 1.807) is 0 Å². The van der Waals surface area contributed by atoms with Crippen molar-refractivity contribution in [1.82, 2.24) is 0 Å². The molecule has 0 saturated carbocycles. The molecule has 72 valence electrons. The van der Waals surface area contributed by atoms with Gasteiger partial charge in [0.25, 0.3) is 0 Å². The first-order chi connectivity index (χ1) is 5.77. The molecule has 0 heterocycles. The summed E-state index contributed by atoms with van der Waals surface area (Å²) in [5.41, 5.74) is 5.27. The second-order valence-electron chi connectivity index (χ2n) is 3.32. The normalized spacial score (nSPS) is 11.7. The van der Waals surface area contributed by atoms with E-state index in [2.05, 4.69) is 13.8 Å². The minimum absolute atomic E-state index is 0.607. The van der Waals surface area contributed by atoms with Crippen molar-refractivity contribution < 1.29 is 4.74 Å². The van der Waals surface area contributed by atoms with E-state index in [0.717, 1.165) is 18.9 Å². The number of hydrogen-bond acceptors (Lipinski definition) is 2. The van der Waals surface area contributed by atoms with Gasteiger partial charge in [0.05, 0.1) is 6.61 Å². The van der Waals surface area contributed by atoms with Gasteiger partial charge < -0.3 is 10.5 Å². The molecule has 0 bridgehead atoms. The molecule has 2 nitrogen and oxygen atoms in total. The summed E-state index contributed by atoms with van der Waals surface area (Å²) in [4.78, 5) is 0. The van der Waals surface area contributed by atoms with Crippen LogP contribution in [0.1, 0.15) is 26.7 Å². The van der Waals surface area contributed by atoms with Crippen molar-refractivity contribution >= 4 is 0 Å². The van der Waals surface area contributed by atoms with E-state index < -0.39 is 0 Å². The summed E-state index contributed by atoms with van der Waals surface area (Å²) >= 11 is 0. The van der Waals surface area contributed by atoms with Crippen LogP contribution in [0.25, 0.3) is 0 Å². The van der Waals surface area contributed by atoms with Crippen molar-refractivity contribution in [3.8, 4) is 0 Å². The minimum Gasteiger partial charge on any atom is -0.377 e. The summed E-state index contributed by atoms with van der Waals surface area (Å²) in [5, 5.41) is 0. The van der Waals surface area contributed by atoms with Crippen molar-refractivity contribution in [3.05, 3.63) is 12.2 Å². The number of ether oxygens (including phenoxy) is 1. The largest absolute Gasteiger partial charge is 0.377 e. The fraction of sp³-hybridized carbons (Fsp3) is 0.800. The fourth-order valence-corrected chi connectivity index (χ4v) is 0.909. The van der Waals surface area contributed by atoms with Gasteiger partial charge in [0.15, 0.2) is 0 Å². The molecule has 2 N–H and O–H groups in total. The molecule has 0 amide bonds. The van der Waals surface area contributed by atoms with Gasteiger partial charge in [-0.05, 0) is 18.8 Å². The molecule has 0 aromatic heterocycles. The first kappa shape index (κ1) is 11.7. The molecule has 0 aliphatic carbocycles.